The molecule has 140 valence electrons. The molecule has 0 spiro atoms. The molecule has 2 N–H and O–H groups in total. The zero-order valence-electron chi connectivity index (χ0n) is 14.4. The number of nitrogens with zero attached hydrogens (tertiary/aromatic N) is 3. The summed E-state index contributed by atoms with van der Waals surface area (Å²) >= 11 is 1.00. The van der Waals surface area contributed by atoms with Crippen molar-refractivity contribution in [1.29, 1.82) is 0 Å². The third-order valence-corrected chi connectivity index (χ3v) is 5.92. The smallest absolute Gasteiger partial charge is 0.308 e. The molecule has 8 nitrogen and oxygen atoms in total. The molecule has 2 unspecified atom stereocenters. The highest BCUT2D eigenvalue weighted by Gasteiger charge is 2.32. The van der Waals surface area contributed by atoms with Gasteiger partial charge in [-0.1, -0.05) is 17.8 Å². The number of carbonyl (C=O) groups is 3. The average Bonchev–Trinajstić information content (AvgIpc) is 2.98. The Bertz CT molecular complexity index is 935. The van der Waals surface area contributed by atoms with Gasteiger partial charge in [-0.05, 0) is 37.0 Å². The molecule has 9 heteroatoms. The summed E-state index contributed by atoms with van der Waals surface area (Å²) in [5.41, 5.74) is 1.67. The van der Waals surface area contributed by atoms with Crippen molar-refractivity contribution in [3.8, 4) is 0 Å². The fraction of sp³-hybridized carbons (Fsp3) is 0.389. The van der Waals surface area contributed by atoms with Crippen LogP contribution in [0, 0.1) is 5.92 Å². The number of aliphatic carboxylic acids is 1. The fourth-order valence-electron chi connectivity index (χ4n) is 3.58. The Morgan fingerprint density at radius 1 is 1.33 bits per heavy atom. The van der Waals surface area contributed by atoms with Crippen LogP contribution in [0.1, 0.15) is 18.4 Å². The standard InChI is InChI=1S/C18H18N4O4S/c23-16-14(27-18(26)21-16)7-10-3-4-13-12(6-10)15(20-9-19-13)22-5-1-2-11(8-22)17(24)25/h3-4,6,9,11,14H,1-2,5,7-8H2,(H,24,25)(H,21,23,26). The first-order valence-electron chi connectivity index (χ1n) is 8.74. The molecular formula is C18H18N4O4S. The molecular weight excluding hydrogens is 368 g/mol. The van der Waals surface area contributed by atoms with Crippen LogP contribution in [0.3, 0.4) is 0 Å². The molecule has 2 aliphatic heterocycles. The van der Waals surface area contributed by atoms with Crippen LogP contribution in [0.5, 0.6) is 0 Å². The molecule has 0 bridgehead atoms. The highest BCUT2D eigenvalue weighted by atomic mass is 32.2. The van der Waals surface area contributed by atoms with Crippen molar-refractivity contribution in [2.75, 3.05) is 18.0 Å². The van der Waals surface area contributed by atoms with E-state index in [-0.39, 0.29) is 11.1 Å². The molecule has 1 aromatic carbocycles. The van der Waals surface area contributed by atoms with E-state index in [1.165, 1.54) is 6.33 Å². The van der Waals surface area contributed by atoms with Crippen LogP contribution in [0.15, 0.2) is 24.5 Å². The molecule has 1 aromatic heterocycles. The number of piperidine rings is 1. The van der Waals surface area contributed by atoms with Gasteiger partial charge in [-0.15, -0.1) is 0 Å². The summed E-state index contributed by atoms with van der Waals surface area (Å²) in [5, 5.41) is 11.7. The second kappa shape index (κ2) is 7.15. The number of anilines is 1. The lowest BCUT2D eigenvalue weighted by atomic mass is 9.98. The molecule has 2 aliphatic rings. The van der Waals surface area contributed by atoms with Gasteiger partial charge in [0.05, 0.1) is 16.7 Å². The van der Waals surface area contributed by atoms with E-state index in [0.29, 0.717) is 25.2 Å². The number of fused-ring (bicyclic) bond motifs is 1. The first-order chi connectivity index (χ1) is 13.0. The molecule has 2 atom stereocenters. The number of hydrogen-bond acceptors (Lipinski definition) is 7. The van der Waals surface area contributed by atoms with Gasteiger partial charge in [0.15, 0.2) is 0 Å². The molecule has 2 amide bonds. The lowest BCUT2D eigenvalue weighted by Crippen LogP contribution is -2.39. The summed E-state index contributed by atoms with van der Waals surface area (Å²) in [6.07, 6.45) is 3.39. The first kappa shape index (κ1) is 17.7. The van der Waals surface area contributed by atoms with Crippen LogP contribution < -0.4 is 10.2 Å². The summed E-state index contributed by atoms with van der Waals surface area (Å²) in [5.74, 6) is -0.744. The van der Waals surface area contributed by atoms with Gasteiger partial charge in [-0.3, -0.25) is 19.7 Å². The second-order valence-electron chi connectivity index (χ2n) is 6.76. The largest absolute Gasteiger partial charge is 0.481 e. The Balaban J connectivity index is 1.64. The van der Waals surface area contributed by atoms with Crippen LogP contribution in [-0.2, 0) is 16.0 Å². The number of benzene rings is 1. The number of imide groups is 1. The highest BCUT2D eigenvalue weighted by Crippen LogP contribution is 2.30. The Hall–Kier alpha value is -2.68. The van der Waals surface area contributed by atoms with Gasteiger partial charge in [-0.2, -0.15) is 0 Å². The third-order valence-electron chi connectivity index (χ3n) is 4.94. The van der Waals surface area contributed by atoms with Crippen LogP contribution in [-0.4, -0.2) is 50.5 Å². The van der Waals surface area contributed by atoms with E-state index in [0.717, 1.165) is 41.2 Å². The topological polar surface area (TPSA) is 112 Å². The molecule has 4 rings (SSSR count). The van der Waals surface area contributed by atoms with Gasteiger partial charge in [0.1, 0.15) is 12.1 Å². The minimum atomic E-state index is -0.785. The predicted molar refractivity (Wildman–Crippen MR) is 101 cm³/mol. The number of carbonyl (C=O) groups excluding carboxylic acids is 2. The fourth-order valence-corrected chi connectivity index (χ4v) is 4.44. The molecule has 0 radical (unpaired) electrons. The highest BCUT2D eigenvalue weighted by molar-refractivity contribution is 8.15. The molecule has 2 saturated heterocycles. The quantitative estimate of drug-likeness (QED) is 0.818. The van der Waals surface area contributed by atoms with Crippen molar-refractivity contribution in [1.82, 2.24) is 15.3 Å². The summed E-state index contributed by atoms with van der Waals surface area (Å²) in [6, 6.07) is 5.70. The van der Waals surface area contributed by atoms with Gasteiger partial charge >= 0.3 is 5.97 Å². The van der Waals surface area contributed by atoms with Gasteiger partial charge < -0.3 is 10.0 Å². The van der Waals surface area contributed by atoms with Crippen molar-refractivity contribution in [3.63, 3.8) is 0 Å². The summed E-state index contributed by atoms with van der Waals surface area (Å²) in [4.78, 5) is 45.3. The lowest BCUT2D eigenvalue weighted by Gasteiger charge is -2.32. The van der Waals surface area contributed by atoms with E-state index in [2.05, 4.69) is 15.3 Å². The number of aromatic nitrogens is 2. The number of carboxylic acid groups (broad SMARTS) is 1. The number of amides is 2. The van der Waals surface area contributed by atoms with Crippen molar-refractivity contribution >= 4 is 45.6 Å². The predicted octanol–water partition coefficient (Wildman–Crippen LogP) is 1.82. The second-order valence-corrected chi connectivity index (χ2v) is 7.94. The van der Waals surface area contributed by atoms with Crippen molar-refractivity contribution in [2.24, 2.45) is 5.92 Å². The number of thioether (sulfide) groups is 1. The minimum absolute atomic E-state index is 0.269. The normalized spacial score (nSPS) is 22.9. The van der Waals surface area contributed by atoms with Crippen LogP contribution >= 0.6 is 11.8 Å². The molecule has 0 aliphatic carbocycles. The average molecular weight is 386 g/mol. The van der Waals surface area contributed by atoms with E-state index >= 15 is 0 Å². The maximum atomic E-state index is 11.8. The summed E-state index contributed by atoms with van der Waals surface area (Å²) in [6.45, 7) is 1.16. The Labute approximate surface area is 159 Å². The number of rotatable bonds is 4. The van der Waals surface area contributed by atoms with E-state index < -0.39 is 17.1 Å². The lowest BCUT2D eigenvalue weighted by molar-refractivity contribution is -0.142. The van der Waals surface area contributed by atoms with E-state index in [4.69, 9.17) is 0 Å². The van der Waals surface area contributed by atoms with Crippen molar-refractivity contribution < 1.29 is 19.5 Å². The number of nitrogens with one attached hydrogen (secondary N) is 1. The SMILES string of the molecule is O=C1NC(=O)C(Cc2ccc3ncnc(N4CCCC(C(=O)O)C4)c3c2)S1. The summed E-state index contributed by atoms with van der Waals surface area (Å²) in [7, 11) is 0. The maximum Gasteiger partial charge on any atom is 0.308 e. The molecule has 2 fully saturated rings. The first-order valence-corrected chi connectivity index (χ1v) is 9.62. The zero-order chi connectivity index (χ0) is 19.0. The van der Waals surface area contributed by atoms with Gasteiger partial charge in [0.25, 0.3) is 5.24 Å². The molecule has 0 saturated carbocycles. The van der Waals surface area contributed by atoms with Crippen LogP contribution in [0.2, 0.25) is 0 Å². The van der Waals surface area contributed by atoms with E-state index in [1.807, 2.05) is 23.1 Å². The van der Waals surface area contributed by atoms with Crippen LogP contribution in [0.25, 0.3) is 10.9 Å². The van der Waals surface area contributed by atoms with Crippen molar-refractivity contribution in [2.45, 2.75) is 24.5 Å². The van der Waals surface area contributed by atoms with Gasteiger partial charge in [0, 0.05) is 18.5 Å². The molecule has 27 heavy (non-hydrogen) atoms. The molecule has 2 aromatic rings. The zero-order valence-corrected chi connectivity index (χ0v) is 15.2. The summed E-state index contributed by atoms with van der Waals surface area (Å²) < 4.78 is 0. The third kappa shape index (κ3) is 3.59. The Morgan fingerprint density at radius 2 is 2.19 bits per heavy atom. The monoisotopic (exact) mass is 386 g/mol. The van der Waals surface area contributed by atoms with E-state index in [9.17, 15) is 19.5 Å². The Morgan fingerprint density at radius 3 is 2.93 bits per heavy atom. The number of carboxylic acids is 1. The number of hydrogen-bond donors (Lipinski definition) is 2. The minimum Gasteiger partial charge on any atom is -0.481 e. The van der Waals surface area contributed by atoms with Crippen molar-refractivity contribution in [3.05, 3.63) is 30.1 Å². The van der Waals surface area contributed by atoms with Gasteiger partial charge in [-0.25, -0.2) is 9.97 Å². The van der Waals surface area contributed by atoms with Crippen LogP contribution in [0.4, 0.5) is 10.6 Å². The van der Waals surface area contributed by atoms with Gasteiger partial charge in [0.2, 0.25) is 5.91 Å². The Kier molecular flexibility index (Phi) is 4.69. The maximum absolute atomic E-state index is 11.8. The van der Waals surface area contributed by atoms with E-state index in [1.54, 1.807) is 0 Å². The molecule has 3 heterocycles.